The fourth-order valence-corrected chi connectivity index (χ4v) is 5.13. The van der Waals surface area contributed by atoms with Crippen LogP contribution in [0.2, 0.25) is 0 Å². The summed E-state index contributed by atoms with van der Waals surface area (Å²) in [5.74, 6) is 0.724. The molecular formula is C28H21F5N6O4S. The first-order valence-corrected chi connectivity index (χ1v) is 13.9. The maximum Gasteiger partial charge on any atom is 0.499 e. The average molecular weight is 633 g/mol. The van der Waals surface area contributed by atoms with E-state index in [0.717, 1.165) is 35.6 Å². The number of carbonyl (C=O) groups is 1. The summed E-state index contributed by atoms with van der Waals surface area (Å²) in [6.45, 7) is 2.36. The quantitative estimate of drug-likeness (QED) is 0.233. The van der Waals surface area contributed by atoms with Crippen LogP contribution >= 0.6 is 11.8 Å². The van der Waals surface area contributed by atoms with E-state index in [-0.39, 0.29) is 0 Å². The summed E-state index contributed by atoms with van der Waals surface area (Å²) >= 11 is 1.29. The molecule has 228 valence electrons. The highest BCUT2D eigenvalue weighted by Crippen LogP contribution is 2.38. The molecule has 44 heavy (non-hydrogen) atoms. The van der Waals surface area contributed by atoms with Crippen LogP contribution < -0.4 is 19.9 Å². The summed E-state index contributed by atoms with van der Waals surface area (Å²) in [5, 5.41) is 9.05. The molecule has 0 bridgehead atoms. The summed E-state index contributed by atoms with van der Waals surface area (Å²) in [7, 11) is 0. The van der Waals surface area contributed by atoms with Gasteiger partial charge in [-0.25, -0.2) is 14.5 Å². The first kappa shape index (κ1) is 29.4. The Morgan fingerprint density at radius 1 is 1.09 bits per heavy atom. The van der Waals surface area contributed by atoms with Gasteiger partial charge in [-0.3, -0.25) is 4.84 Å². The van der Waals surface area contributed by atoms with Gasteiger partial charge in [-0.2, -0.15) is 32.0 Å². The van der Waals surface area contributed by atoms with Crippen molar-refractivity contribution in [3.63, 3.8) is 0 Å². The van der Waals surface area contributed by atoms with Crippen molar-refractivity contribution in [1.82, 2.24) is 14.8 Å². The van der Waals surface area contributed by atoms with E-state index in [4.69, 9.17) is 9.57 Å². The van der Waals surface area contributed by atoms with Crippen molar-refractivity contribution < 1.29 is 41.1 Å². The number of hydrogen-bond donors (Lipinski definition) is 1. The topological polar surface area (TPSA) is 103 Å². The van der Waals surface area contributed by atoms with Crippen molar-refractivity contribution in [3.8, 4) is 28.6 Å². The third-order valence-electron chi connectivity index (χ3n) is 6.57. The molecule has 6 rings (SSSR count). The Balaban J connectivity index is 1.13. The number of carbonyl (C=O) groups excluding carboxylic acids is 1. The van der Waals surface area contributed by atoms with E-state index in [0.29, 0.717) is 46.0 Å². The minimum Gasteiger partial charge on any atom is -0.493 e. The number of nitrogens with zero attached hydrogens (tertiary/aromatic N) is 5. The van der Waals surface area contributed by atoms with Crippen LogP contribution in [0.25, 0.3) is 17.1 Å². The maximum atomic E-state index is 13.2. The van der Waals surface area contributed by atoms with Gasteiger partial charge in [-0.1, -0.05) is 17.8 Å². The van der Waals surface area contributed by atoms with Crippen LogP contribution in [-0.4, -0.2) is 50.8 Å². The zero-order chi connectivity index (χ0) is 31.1. The molecule has 0 radical (unpaired) electrons. The van der Waals surface area contributed by atoms with Gasteiger partial charge in [0.1, 0.15) is 23.8 Å². The van der Waals surface area contributed by atoms with Crippen LogP contribution in [-0.2, 0) is 11.3 Å². The molecule has 2 aliphatic rings. The molecule has 0 saturated carbocycles. The van der Waals surface area contributed by atoms with Gasteiger partial charge in [0.2, 0.25) is 0 Å². The van der Waals surface area contributed by atoms with E-state index in [1.807, 2.05) is 18.2 Å². The number of amides is 2. The lowest BCUT2D eigenvalue weighted by Crippen LogP contribution is -2.41. The Labute approximate surface area is 250 Å². The number of aromatic nitrogens is 3. The molecule has 0 aliphatic carbocycles. The lowest BCUT2D eigenvalue weighted by atomic mass is 10.1. The Morgan fingerprint density at radius 2 is 1.89 bits per heavy atom. The van der Waals surface area contributed by atoms with E-state index in [1.165, 1.54) is 40.0 Å². The van der Waals surface area contributed by atoms with Crippen molar-refractivity contribution in [2.75, 3.05) is 22.9 Å². The van der Waals surface area contributed by atoms with E-state index >= 15 is 0 Å². The second kappa shape index (κ2) is 11.4. The minimum absolute atomic E-state index is 0.302. The van der Waals surface area contributed by atoms with Crippen molar-refractivity contribution in [3.05, 3.63) is 78.1 Å². The third kappa shape index (κ3) is 5.90. The van der Waals surface area contributed by atoms with E-state index < -0.39 is 24.1 Å². The molecule has 2 aliphatic heterocycles. The van der Waals surface area contributed by atoms with E-state index in [9.17, 15) is 26.7 Å². The fourth-order valence-electron chi connectivity index (χ4n) is 4.46. The standard InChI is InChI=1S/C28H21F5N6O4S/c1-16-13-17(24-34-14-38(37-24)18-6-8-19(9-7-18)43-28(32,33)27(29,30)31)5-10-21(16)35-25(40)36-26-39(42-15-44-26)22-3-2-4-23-20(22)11-12-41-23/h2-10,13-14H,11-12,15H2,1H3,(H,35,40)/b36-26-. The molecule has 10 nitrogen and oxygen atoms in total. The van der Waals surface area contributed by atoms with Crippen LogP contribution in [0, 0.1) is 6.92 Å². The largest absolute Gasteiger partial charge is 0.499 e. The van der Waals surface area contributed by atoms with Crippen LogP contribution in [0.4, 0.5) is 38.1 Å². The number of fused-ring (bicyclic) bond motifs is 1. The monoisotopic (exact) mass is 632 g/mol. The number of nitrogens with one attached hydrogen (secondary N) is 1. The summed E-state index contributed by atoms with van der Waals surface area (Å²) < 4.78 is 74.3. The minimum atomic E-state index is -5.85. The van der Waals surface area contributed by atoms with Gasteiger partial charge in [-0.05, 0) is 67.1 Å². The number of ether oxygens (including phenoxy) is 2. The molecule has 1 aromatic heterocycles. The summed E-state index contributed by atoms with van der Waals surface area (Å²) in [6.07, 6.45) is -9.09. The first-order valence-electron chi connectivity index (χ1n) is 13.0. The van der Waals surface area contributed by atoms with Gasteiger partial charge in [-0.15, -0.1) is 5.10 Å². The Hall–Kier alpha value is -4.70. The normalized spacial score (nSPS) is 15.8. The molecule has 1 N–H and O–H groups in total. The lowest BCUT2D eigenvalue weighted by molar-refractivity contribution is -0.360. The van der Waals surface area contributed by atoms with Crippen LogP contribution in [0.1, 0.15) is 11.1 Å². The van der Waals surface area contributed by atoms with Crippen LogP contribution in [0.5, 0.6) is 11.5 Å². The van der Waals surface area contributed by atoms with E-state index in [1.54, 1.807) is 25.1 Å². The number of alkyl halides is 5. The summed E-state index contributed by atoms with van der Waals surface area (Å²) in [5.41, 5.74) is 3.94. The molecule has 0 atom stereocenters. The number of amidine groups is 1. The first-order chi connectivity index (χ1) is 21.0. The molecule has 1 fully saturated rings. The average Bonchev–Trinajstić information content (AvgIpc) is 3.75. The zero-order valence-corrected chi connectivity index (χ0v) is 23.5. The molecule has 2 amide bonds. The van der Waals surface area contributed by atoms with E-state index in [2.05, 4.69) is 25.1 Å². The number of urea groups is 1. The zero-order valence-electron chi connectivity index (χ0n) is 22.6. The SMILES string of the molecule is Cc1cc(-c2ncn(-c3ccc(OC(F)(F)C(F)(F)F)cc3)n2)ccc1NC(=O)/N=C1\SCON1c1cccc2c1CCO2. The number of rotatable bonds is 6. The third-order valence-corrected chi connectivity index (χ3v) is 7.31. The molecular weight excluding hydrogens is 611 g/mol. The molecule has 0 unspecified atom stereocenters. The van der Waals surface area contributed by atoms with Crippen molar-refractivity contribution in [2.45, 2.75) is 25.6 Å². The molecule has 0 spiro atoms. The molecule has 3 heterocycles. The molecule has 1 saturated heterocycles. The van der Waals surface area contributed by atoms with Gasteiger partial charge in [0.05, 0.1) is 18.0 Å². The number of halogens is 5. The predicted molar refractivity (Wildman–Crippen MR) is 151 cm³/mol. The predicted octanol–water partition coefficient (Wildman–Crippen LogP) is 6.74. The van der Waals surface area contributed by atoms with Gasteiger partial charge in [0.15, 0.2) is 11.0 Å². The van der Waals surface area contributed by atoms with Gasteiger partial charge in [0.25, 0.3) is 0 Å². The van der Waals surface area contributed by atoms with Gasteiger partial charge in [0, 0.05) is 23.2 Å². The van der Waals surface area contributed by atoms with Crippen LogP contribution in [0.15, 0.2) is 72.0 Å². The fraction of sp³-hybridized carbons (Fsp3) is 0.214. The number of anilines is 2. The van der Waals surface area contributed by atoms with Crippen molar-refractivity contribution in [1.29, 1.82) is 0 Å². The highest BCUT2D eigenvalue weighted by atomic mass is 32.2. The Morgan fingerprint density at radius 3 is 2.64 bits per heavy atom. The number of hydroxylamine groups is 1. The number of benzene rings is 3. The lowest BCUT2D eigenvalue weighted by Gasteiger charge is -2.20. The molecule has 3 aromatic carbocycles. The second-order valence-corrected chi connectivity index (χ2v) is 10.4. The number of aryl methyl sites for hydroxylation is 1. The van der Waals surface area contributed by atoms with Gasteiger partial charge < -0.3 is 14.8 Å². The summed E-state index contributed by atoms with van der Waals surface area (Å²) in [6, 6.07) is 14.6. The highest BCUT2D eigenvalue weighted by Gasteiger charge is 2.61. The van der Waals surface area contributed by atoms with Gasteiger partial charge >= 0.3 is 18.3 Å². The number of hydrogen-bond acceptors (Lipinski definition) is 7. The van der Waals surface area contributed by atoms with Crippen molar-refractivity contribution >= 4 is 34.3 Å². The highest BCUT2D eigenvalue weighted by molar-refractivity contribution is 8.14. The molecule has 16 heteroatoms. The maximum absolute atomic E-state index is 13.2. The Kier molecular flexibility index (Phi) is 7.63. The smallest absolute Gasteiger partial charge is 0.493 e. The number of thioether (sulfide) groups is 1. The number of aliphatic imine (C=N–C) groups is 1. The second-order valence-electron chi connectivity index (χ2n) is 9.52. The summed E-state index contributed by atoms with van der Waals surface area (Å²) in [4.78, 5) is 27.0. The Bertz CT molecular complexity index is 1750. The van der Waals surface area contributed by atoms with Crippen LogP contribution in [0.3, 0.4) is 0 Å². The molecule has 4 aromatic rings. The van der Waals surface area contributed by atoms with Crippen molar-refractivity contribution in [2.24, 2.45) is 4.99 Å².